The molecule has 5 nitrogen and oxygen atoms in total. The van der Waals surface area contributed by atoms with Crippen molar-refractivity contribution in [3.63, 3.8) is 0 Å². The number of hydrogen-bond donors (Lipinski definition) is 1. The number of ether oxygens (including phenoxy) is 1. The maximum absolute atomic E-state index is 6.33. The number of aromatic nitrogens is 3. The van der Waals surface area contributed by atoms with Gasteiger partial charge in [-0.2, -0.15) is 5.10 Å². The van der Waals surface area contributed by atoms with Crippen molar-refractivity contribution in [1.29, 1.82) is 0 Å². The van der Waals surface area contributed by atoms with E-state index in [4.69, 9.17) is 10.5 Å². The van der Waals surface area contributed by atoms with E-state index in [1.807, 2.05) is 4.68 Å². The molecule has 1 aliphatic rings. The van der Waals surface area contributed by atoms with Crippen LogP contribution in [0.25, 0.3) is 0 Å². The Morgan fingerprint density at radius 1 is 1.39 bits per heavy atom. The Hall–Kier alpha value is -0.940. The second-order valence-corrected chi connectivity index (χ2v) is 5.63. The SMILES string of the molecule is CC(C)n1ncnc1COCC1(N)CCCCC1. The van der Waals surface area contributed by atoms with Gasteiger partial charge in [-0.1, -0.05) is 19.3 Å². The minimum atomic E-state index is -0.124. The van der Waals surface area contributed by atoms with E-state index in [-0.39, 0.29) is 5.54 Å². The Morgan fingerprint density at radius 3 is 2.78 bits per heavy atom. The van der Waals surface area contributed by atoms with Crippen molar-refractivity contribution in [3.05, 3.63) is 12.2 Å². The molecule has 0 radical (unpaired) electrons. The highest BCUT2D eigenvalue weighted by Crippen LogP contribution is 2.26. The van der Waals surface area contributed by atoms with Gasteiger partial charge in [0.1, 0.15) is 12.9 Å². The summed E-state index contributed by atoms with van der Waals surface area (Å²) in [6, 6.07) is 0.313. The maximum Gasteiger partial charge on any atom is 0.153 e. The fourth-order valence-corrected chi connectivity index (χ4v) is 2.55. The molecule has 2 N–H and O–H groups in total. The third-order valence-corrected chi connectivity index (χ3v) is 3.61. The Balaban J connectivity index is 1.82. The first-order valence-electron chi connectivity index (χ1n) is 6.86. The lowest BCUT2D eigenvalue weighted by atomic mass is 9.83. The van der Waals surface area contributed by atoms with Crippen LogP contribution in [-0.2, 0) is 11.3 Å². The highest BCUT2D eigenvalue weighted by molar-refractivity contribution is 4.88. The minimum Gasteiger partial charge on any atom is -0.372 e. The van der Waals surface area contributed by atoms with E-state index in [0.717, 1.165) is 18.7 Å². The standard InChI is InChI=1S/C13H24N4O/c1-11(2)17-12(15-10-16-17)8-18-9-13(14)6-4-3-5-7-13/h10-11H,3-9,14H2,1-2H3. The molecule has 0 aliphatic heterocycles. The summed E-state index contributed by atoms with van der Waals surface area (Å²) in [4.78, 5) is 4.23. The van der Waals surface area contributed by atoms with Crippen molar-refractivity contribution in [1.82, 2.24) is 14.8 Å². The smallest absolute Gasteiger partial charge is 0.153 e. The highest BCUT2D eigenvalue weighted by Gasteiger charge is 2.27. The Kier molecular flexibility index (Phi) is 4.35. The summed E-state index contributed by atoms with van der Waals surface area (Å²) >= 11 is 0. The molecular formula is C13H24N4O. The molecule has 1 heterocycles. The van der Waals surface area contributed by atoms with E-state index in [1.54, 1.807) is 6.33 Å². The van der Waals surface area contributed by atoms with E-state index < -0.39 is 0 Å². The van der Waals surface area contributed by atoms with Crippen LogP contribution in [0.1, 0.15) is 57.8 Å². The van der Waals surface area contributed by atoms with Crippen LogP contribution in [-0.4, -0.2) is 26.9 Å². The zero-order valence-corrected chi connectivity index (χ0v) is 11.4. The molecule has 0 spiro atoms. The number of nitrogens with two attached hydrogens (primary N) is 1. The molecule has 1 aliphatic carbocycles. The minimum absolute atomic E-state index is 0.124. The predicted octanol–water partition coefficient (Wildman–Crippen LogP) is 2.04. The number of hydrogen-bond acceptors (Lipinski definition) is 4. The average Bonchev–Trinajstić information content (AvgIpc) is 2.78. The van der Waals surface area contributed by atoms with Gasteiger partial charge in [-0.25, -0.2) is 9.67 Å². The van der Waals surface area contributed by atoms with Crippen LogP contribution in [0, 0.1) is 0 Å². The second-order valence-electron chi connectivity index (χ2n) is 5.63. The molecule has 0 atom stereocenters. The summed E-state index contributed by atoms with van der Waals surface area (Å²) in [5.41, 5.74) is 6.20. The van der Waals surface area contributed by atoms with Gasteiger partial charge < -0.3 is 10.5 Å². The van der Waals surface area contributed by atoms with Gasteiger partial charge in [0.25, 0.3) is 0 Å². The Bertz CT molecular complexity index is 369. The normalized spacial score (nSPS) is 19.3. The topological polar surface area (TPSA) is 66.0 Å². The first-order valence-corrected chi connectivity index (χ1v) is 6.86. The van der Waals surface area contributed by atoms with E-state index in [1.165, 1.54) is 19.3 Å². The lowest BCUT2D eigenvalue weighted by Gasteiger charge is -2.32. The summed E-state index contributed by atoms with van der Waals surface area (Å²) in [6.07, 6.45) is 7.48. The monoisotopic (exact) mass is 252 g/mol. The van der Waals surface area contributed by atoms with Gasteiger partial charge in [0.15, 0.2) is 5.82 Å². The van der Waals surface area contributed by atoms with Crippen molar-refractivity contribution < 1.29 is 4.74 Å². The van der Waals surface area contributed by atoms with Crippen molar-refractivity contribution in [2.75, 3.05) is 6.61 Å². The zero-order chi connectivity index (χ0) is 13.0. The molecule has 0 bridgehead atoms. The quantitative estimate of drug-likeness (QED) is 0.871. The molecule has 0 amide bonds. The summed E-state index contributed by atoms with van der Waals surface area (Å²) in [5.74, 6) is 0.879. The van der Waals surface area contributed by atoms with Crippen LogP contribution in [0.15, 0.2) is 6.33 Å². The maximum atomic E-state index is 6.33. The van der Waals surface area contributed by atoms with Gasteiger partial charge in [-0.05, 0) is 26.7 Å². The zero-order valence-electron chi connectivity index (χ0n) is 11.4. The van der Waals surface area contributed by atoms with Crippen LogP contribution in [0.3, 0.4) is 0 Å². The predicted molar refractivity (Wildman–Crippen MR) is 70.1 cm³/mol. The summed E-state index contributed by atoms with van der Waals surface area (Å²) in [6.45, 7) is 5.29. The van der Waals surface area contributed by atoms with E-state index in [9.17, 15) is 0 Å². The third-order valence-electron chi connectivity index (χ3n) is 3.61. The second kappa shape index (κ2) is 5.80. The van der Waals surface area contributed by atoms with Gasteiger partial charge in [0.05, 0.1) is 6.61 Å². The van der Waals surface area contributed by atoms with Crippen molar-refractivity contribution in [2.24, 2.45) is 5.73 Å². The van der Waals surface area contributed by atoms with Crippen LogP contribution in [0.2, 0.25) is 0 Å². The summed E-state index contributed by atoms with van der Waals surface area (Å²) < 4.78 is 7.66. The van der Waals surface area contributed by atoms with Crippen molar-refractivity contribution >= 4 is 0 Å². The van der Waals surface area contributed by atoms with Crippen LogP contribution < -0.4 is 5.73 Å². The lowest BCUT2D eigenvalue weighted by Crippen LogP contribution is -2.46. The largest absolute Gasteiger partial charge is 0.372 e. The lowest BCUT2D eigenvalue weighted by molar-refractivity contribution is 0.0516. The van der Waals surface area contributed by atoms with E-state index in [2.05, 4.69) is 23.9 Å². The molecule has 18 heavy (non-hydrogen) atoms. The molecule has 1 aromatic heterocycles. The molecule has 1 fully saturated rings. The van der Waals surface area contributed by atoms with Gasteiger partial charge in [-0.15, -0.1) is 0 Å². The average molecular weight is 252 g/mol. The number of rotatable bonds is 5. The third kappa shape index (κ3) is 3.29. The number of nitrogens with zero attached hydrogens (tertiary/aromatic N) is 3. The van der Waals surface area contributed by atoms with E-state index in [0.29, 0.717) is 19.3 Å². The molecule has 0 unspecified atom stereocenters. The van der Waals surface area contributed by atoms with Gasteiger partial charge in [0, 0.05) is 11.6 Å². The van der Waals surface area contributed by atoms with Gasteiger partial charge in [0.2, 0.25) is 0 Å². The molecule has 0 saturated heterocycles. The van der Waals surface area contributed by atoms with Crippen LogP contribution in [0.5, 0.6) is 0 Å². The first kappa shape index (κ1) is 13.5. The van der Waals surface area contributed by atoms with Gasteiger partial charge >= 0.3 is 0 Å². The fraction of sp³-hybridized carbons (Fsp3) is 0.846. The van der Waals surface area contributed by atoms with Gasteiger partial charge in [-0.3, -0.25) is 0 Å². The molecule has 0 aromatic carbocycles. The summed E-state index contributed by atoms with van der Waals surface area (Å²) in [5, 5.41) is 4.19. The molecule has 2 rings (SSSR count). The van der Waals surface area contributed by atoms with Crippen molar-refractivity contribution in [2.45, 2.75) is 64.1 Å². The van der Waals surface area contributed by atoms with Crippen LogP contribution >= 0.6 is 0 Å². The van der Waals surface area contributed by atoms with Crippen molar-refractivity contribution in [3.8, 4) is 0 Å². The van der Waals surface area contributed by atoms with E-state index >= 15 is 0 Å². The molecule has 5 heteroatoms. The molecule has 102 valence electrons. The molecular weight excluding hydrogens is 228 g/mol. The Labute approximate surface area is 109 Å². The first-order chi connectivity index (χ1) is 8.61. The van der Waals surface area contributed by atoms with Crippen LogP contribution in [0.4, 0.5) is 0 Å². The fourth-order valence-electron chi connectivity index (χ4n) is 2.55. The summed E-state index contributed by atoms with van der Waals surface area (Å²) in [7, 11) is 0. The highest BCUT2D eigenvalue weighted by atomic mass is 16.5. The Morgan fingerprint density at radius 2 is 2.11 bits per heavy atom. The molecule has 1 saturated carbocycles. The molecule has 1 aromatic rings.